The topological polar surface area (TPSA) is 58.4 Å². The van der Waals surface area contributed by atoms with Crippen molar-refractivity contribution in [3.05, 3.63) is 0 Å². The van der Waals surface area contributed by atoms with Crippen LogP contribution in [0.5, 0.6) is 0 Å². The molecule has 6 heteroatoms. The maximum Gasteiger partial charge on any atom is 0.240 e. The molecular formula is C17H35Cl2N3O. The molecular weight excluding hydrogens is 333 g/mol. The normalized spacial score (nSPS) is 28.9. The summed E-state index contributed by atoms with van der Waals surface area (Å²) in [7, 11) is 0. The van der Waals surface area contributed by atoms with Gasteiger partial charge in [-0.15, -0.1) is 24.8 Å². The average molecular weight is 368 g/mol. The monoisotopic (exact) mass is 367 g/mol. The van der Waals surface area contributed by atoms with E-state index < -0.39 is 5.54 Å². The minimum Gasteiger partial charge on any atom is -0.351 e. The molecule has 0 aromatic rings. The molecule has 0 bridgehead atoms. The van der Waals surface area contributed by atoms with Gasteiger partial charge in [0.15, 0.2) is 0 Å². The first-order valence-electron chi connectivity index (χ1n) is 8.71. The molecule has 0 spiro atoms. The van der Waals surface area contributed by atoms with Crippen molar-refractivity contribution in [1.29, 1.82) is 0 Å². The summed E-state index contributed by atoms with van der Waals surface area (Å²) < 4.78 is 0. The first-order valence-corrected chi connectivity index (χ1v) is 8.71. The fraction of sp³-hybridized carbons (Fsp3) is 0.941. The number of hydrogen-bond acceptors (Lipinski definition) is 3. The van der Waals surface area contributed by atoms with Crippen LogP contribution < -0.4 is 11.1 Å². The van der Waals surface area contributed by atoms with Crippen LogP contribution in [-0.2, 0) is 4.79 Å². The molecule has 0 radical (unpaired) electrons. The van der Waals surface area contributed by atoms with E-state index in [1.54, 1.807) is 0 Å². The highest BCUT2D eigenvalue weighted by Crippen LogP contribution is 2.26. The first-order chi connectivity index (χ1) is 9.89. The largest absolute Gasteiger partial charge is 0.351 e. The Hall–Kier alpha value is -0.0300. The van der Waals surface area contributed by atoms with Gasteiger partial charge in [-0.05, 0) is 38.0 Å². The molecule has 1 amide bonds. The predicted octanol–water partition coefficient (Wildman–Crippen LogP) is 2.97. The van der Waals surface area contributed by atoms with E-state index in [9.17, 15) is 4.79 Å². The zero-order valence-electron chi connectivity index (χ0n) is 14.8. The van der Waals surface area contributed by atoms with Gasteiger partial charge >= 0.3 is 0 Å². The highest BCUT2D eigenvalue weighted by molar-refractivity contribution is 5.86. The number of amides is 1. The number of nitrogens with two attached hydrogens (primary N) is 1. The number of rotatable bonds is 4. The standard InChI is InChI=1S/C17H33N3O.2ClH/c1-13-9-14(2)11-20(10-13)12-15(3)19-16(21)17(18)7-5-4-6-8-17;;/h13-15H,4-12,18H2,1-3H3,(H,19,21);2*1H. The fourth-order valence-corrected chi connectivity index (χ4v) is 4.15. The summed E-state index contributed by atoms with van der Waals surface area (Å²) >= 11 is 0. The summed E-state index contributed by atoms with van der Waals surface area (Å²) in [5.74, 6) is 1.58. The van der Waals surface area contributed by atoms with Crippen LogP contribution in [-0.4, -0.2) is 42.0 Å². The summed E-state index contributed by atoms with van der Waals surface area (Å²) in [5.41, 5.74) is 5.69. The highest BCUT2D eigenvalue weighted by atomic mass is 35.5. The summed E-state index contributed by atoms with van der Waals surface area (Å²) in [5, 5.41) is 3.16. The van der Waals surface area contributed by atoms with Crippen LogP contribution >= 0.6 is 24.8 Å². The van der Waals surface area contributed by atoms with Crippen molar-refractivity contribution in [1.82, 2.24) is 10.2 Å². The maximum atomic E-state index is 12.4. The zero-order valence-corrected chi connectivity index (χ0v) is 16.5. The summed E-state index contributed by atoms with van der Waals surface area (Å²) in [6.07, 6.45) is 6.38. The Balaban J connectivity index is 0.00000242. The van der Waals surface area contributed by atoms with Crippen LogP contribution in [0.1, 0.15) is 59.3 Å². The van der Waals surface area contributed by atoms with Gasteiger partial charge < -0.3 is 16.0 Å². The molecule has 1 saturated carbocycles. The van der Waals surface area contributed by atoms with Crippen LogP contribution in [0.2, 0.25) is 0 Å². The van der Waals surface area contributed by atoms with E-state index in [1.165, 1.54) is 12.8 Å². The molecule has 1 saturated heterocycles. The molecule has 138 valence electrons. The number of carbonyl (C=O) groups excluding carboxylic acids is 1. The average Bonchev–Trinajstić information content (AvgIpc) is 2.37. The van der Waals surface area contributed by atoms with Crippen molar-refractivity contribution in [3.63, 3.8) is 0 Å². The summed E-state index contributed by atoms with van der Waals surface area (Å²) in [6.45, 7) is 9.99. The molecule has 3 atom stereocenters. The van der Waals surface area contributed by atoms with E-state index in [2.05, 4.69) is 31.0 Å². The Labute approximate surface area is 154 Å². The lowest BCUT2D eigenvalue weighted by Crippen LogP contribution is -2.58. The van der Waals surface area contributed by atoms with Crippen molar-refractivity contribution >= 4 is 30.7 Å². The van der Waals surface area contributed by atoms with Crippen molar-refractivity contribution in [2.24, 2.45) is 17.6 Å². The second kappa shape index (κ2) is 10.1. The third-order valence-corrected chi connectivity index (χ3v) is 5.05. The molecule has 23 heavy (non-hydrogen) atoms. The smallest absolute Gasteiger partial charge is 0.240 e. The number of likely N-dealkylation sites (tertiary alicyclic amines) is 1. The molecule has 1 heterocycles. The van der Waals surface area contributed by atoms with Gasteiger partial charge in [-0.1, -0.05) is 33.1 Å². The molecule has 3 unspecified atom stereocenters. The SMILES string of the molecule is CC1CC(C)CN(CC(C)NC(=O)C2(N)CCCCC2)C1.Cl.Cl. The van der Waals surface area contributed by atoms with Gasteiger partial charge in [0.25, 0.3) is 0 Å². The lowest BCUT2D eigenvalue weighted by Gasteiger charge is -2.37. The lowest BCUT2D eigenvalue weighted by molar-refractivity contribution is -0.128. The van der Waals surface area contributed by atoms with Gasteiger partial charge in [0.1, 0.15) is 0 Å². The van der Waals surface area contributed by atoms with Gasteiger partial charge in [-0.2, -0.15) is 0 Å². The predicted molar refractivity (Wildman–Crippen MR) is 101 cm³/mol. The Bertz CT molecular complexity index is 352. The van der Waals surface area contributed by atoms with Gasteiger partial charge in [0.2, 0.25) is 5.91 Å². The lowest BCUT2D eigenvalue weighted by atomic mass is 9.82. The number of carbonyl (C=O) groups is 1. The van der Waals surface area contributed by atoms with Gasteiger partial charge in [0, 0.05) is 25.7 Å². The maximum absolute atomic E-state index is 12.4. The Morgan fingerprint density at radius 2 is 1.70 bits per heavy atom. The first kappa shape index (κ1) is 23.0. The van der Waals surface area contributed by atoms with Crippen LogP contribution in [0, 0.1) is 11.8 Å². The Kier molecular flexibility index (Phi) is 10.1. The van der Waals surface area contributed by atoms with Crippen LogP contribution in [0.25, 0.3) is 0 Å². The molecule has 0 aromatic carbocycles. The van der Waals surface area contributed by atoms with Crippen molar-refractivity contribution in [3.8, 4) is 0 Å². The molecule has 2 aliphatic rings. The number of piperidine rings is 1. The highest BCUT2D eigenvalue weighted by Gasteiger charge is 2.36. The van der Waals surface area contributed by atoms with E-state index in [0.29, 0.717) is 0 Å². The Morgan fingerprint density at radius 3 is 2.22 bits per heavy atom. The van der Waals surface area contributed by atoms with Crippen LogP contribution in [0.3, 0.4) is 0 Å². The van der Waals surface area contributed by atoms with Crippen LogP contribution in [0.4, 0.5) is 0 Å². The van der Waals surface area contributed by atoms with Gasteiger partial charge in [-0.25, -0.2) is 0 Å². The molecule has 1 aliphatic carbocycles. The minimum absolute atomic E-state index is 0. The third kappa shape index (κ3) is 6.77. The molecule has 2 rings (SSSR count). The molecule has 0 aromatic heterocycles. The van der Waals surface area contributed by atoms with E-state index in [0.717, 1.165) is 57.2 Å². The molecule has 4 nitrogen and oxygen atoms in total. The quantitative estimate of drug-likeness (QED) is 0.802. The minimum atomic E-state index is -0.616. The second-order valence-corrected chi connectivity index (χ2v) is 7.76. The second-order valence-electron chi connectivity index (χ2n) is 7.76. The zero-order chi connectivity index (χ0) is 15.5. The van der Waals surface area contributed by atoms with E-state index in [1.807, 2.05) is 0 Å². The van der Waals surface area contributed by atoms with E-state index >= 15 is 0 Å². The number of hydrogen-bond donors (Lipinski definition) is 2. The summed E-state index contributed by atoms with van der Waals surface area (Å²) in [6, 6.07) is 0.178. The molecule has 2 fully saturated rings. The van der Waals surface area contributed by atoms with Crippen molar-refractivity contribution < 1.29 is 4.79 Å². The van der Waals surface area contributed by atoms with E-state index in [-0.39, 0.29) is 36.8 Å². The third-order valence-electron chi connectivity index (χ3n) is 5.05. The van der Waals surface area contributed by atoms with Crippen molar-refractivity contribution in [2.45, 2.75) is 70.9 Å². The Morgan fingerprint density at radius 1 is 1.17 bits per heavy atom. The number of halogens is 2. The van der Waals surface area contributed by atoms with Crippen LogP contribution in [0.15, 0.2) is 0 Å². The number of nitrogens with one attached hydrogen (secondary N) is 1. The van der Waals surface area contributed by atoms with Crippen molar-refractivity contribution in [2.75, 3.05) is 19.6 Å². The molecule has 1 aliphatic heterocycles. The fourth-order valence-electron chi connectivity index (χ4n) is 4.15. The summed E-state index contributed by atoms with van der Waals surface area (Å²) in [4.78, 5) is 14.9. The van der Waals surface area contributed by atoms with E-state index in [4.69, 9.17) is 5.73 Å². The van der Waals surface area contributed by atoms with Gasteiger partial charge in [-0.3, -0.25) is 4.79 Å². The number of nitrogens with zero attached hydrogens (tertiary/aromatic N) is 1. The molecule has 3 N–H and O–H groups in total. The van der Waals surface area contributed by atoms with Gasteiger partial charge in [0.05, 0.1) is 5.54 Å².